The first-order valence-corrected chi connectivity index (χ1v) is 9.06. The third-order valence-corrected chi connectivity index (χ3v) is 4.33. The van der Waals surface area contributed by atoms with Crippen LogP contribution < -0.4 is 0 Å². The zero-order valence-corrected chi connectivity index (χ0v) is 13.5. The lowest BCUT2D eigenvalue weighted by Crippen LogP contribution is -1.98. The van der Waals surface area contributed by atoms with Gasteiger partial charge >= 0.3 is 0 Å². The van der Waals surface area contributed by atoms with E-state index in [0.29, 0.717) is 0 Å². The van der Waals surface area contributed by atoms with E-state index in [0.717, 1.165) is 12.2 Å². The minimum atomic E-state index is -0.317. The minimum Gasteiger partial charge on any atom is -0.388 e. The predicted molar refractivity (Wildman–Crippen MR) is 85.6 cm³/mol. The van der Waals surface area contributed by atoms with E-state index in [2.05, 4.69) is 6.92 Å². The van der Waals surface area contributed by atoms with E-state index in [-0.39, 0.29) is 11.7 Å². The highest BCUT2D eigenvalue weighted by molar-refractivity contribution is 8.13. The lowest BCUT2D eigenvalue weighted by atomic mass is 10.1. The molecule has 0 aliphatic heterocycles. The summed E-state index contributed by atoms with van der Waals surface area (Å²) in [6, 6.07) is 0. The zero-order valence-electron chi connectivity index (χ0n) is 12.7. The van der Waals surface area contributed by atoms with E-state index in [1.54, 1.807) is 0 Å². The fourth-order valence-electron chi connectivity index (χ4n) is 2.17. The van der Waals surface area contributed by atoms with Gasteiger partial charge in [-0.2, -0.15) is 0 Å². The van der Waals surface area contributed by atoms with Gasteiger partial charge in [0.2, 0.25) is 5.12 Å². The van der Waals surface area contributed by atoms with Crippen LogP contribution in [0.2, 0.25) is 0 Å². The summed E-state index contributed by atoms with van der Waals surface area (Å²) in [5.74, 6) is 0.872. The summed E-state index contributed by atoms with van der Waals surface area (Å²) < 4.78 is 0. The Balaban J connectivity index is 2.97. The minimum absolute atomic E-state index is 0.0944. The van der Waals surface area contributed by atoms with Crippen molar-refractivity contribution in [1.82, 2.24) is 0 Å². The molecule has 0 aliphatic rings. The fraction of sp³-hybridized carbons (Fsp3) is 0.938. The van der Waals surface area contributed by atoms with Crippen LogP contribution in [-0.2, 0) is 4.79 Å². The second-order valence-electron chi connectivity index (χ2n) is 5.27. The summed E-state index contributed by atoms with van der Waals surface area (Å²) in [5, 5.41) is 8.46. The van der Waals surface area contributed by atoms with Crippen molar-refractivity contribution in [3.8, 4) is 0 Å². The van der Waals surface area contributed by atoms with Crippen LogP contribution in [0.15, 0.2) is 0 Å². The van der Waals surface area contributed by atoms with Crippen molar-refractivity contribution in [3.05, 3.63) is 0 Å². The quantitative estimate of drug-likeness (QED) is 0.460. The topological polar surface area (TPSA) is 37.3 Å². The van der Waals surface area contributed by atoms with Crippen molar-refractivity contribution >= 4 is 16.9 Å². The van der Waals surface area contributed by atoms with E-state index in [1.807, 2.05) is 0 Å². The Morgan fingerprint density at radius 1 is 0.789 bits per heavy atom. The number of rotatable bonds is 14. The number of aliphatic hydroxyl groups is 1. The molecule has 0 heterocycles. The van der Waals surface area contributed by atoms with Crippen molar-refractivity contribution in [2.45, 2.75) is 84.0 Å². The monoisotopic (exact) mass is 288 g/mol. The van der Waals surface area contributed by atoms with Crippen LogP contribution in [-0.4, -0.2) is 22.6 Å². The van der Waals surface area contributed by atoms with Gasteiger partial charge < -0.3 is 5.11 Å². The molecule has 114 valence electrons. The highest BCUT2D eigenvalue weighted by atomic mass is 32.2. The van der Waals surface area contributed by atoms with Gasteiger partial charge in [0.05, 0.1) is 0 Å². The Kier molecular flexibility index (Phi) is 16.0. The molecule has 0 aliphatic carbocycles. The normalized spacial score (nSPS) is 10.8. The molecule has 0 aromatic heterocycles. The largest absolute Gasteiger partial charge is 0.388 e. The molecule has 1 N–H and O–H groups in total. The van der Waals surface area contributed by atoms with Crippen molar-refractivity contribution in [3.63, 3.8) is 0 Å². The highest BCUT2D eigenvalue weighted by Gasteiger charge is 1.99. The first kappa shape index (κ1) is 19.0. The number of thioether (sulfide) groups is 1. The summed E-state index contributed by atoms with van der Waals surface area (Å²) in [7, 11) is 0. The lowest BCUT2D eigenvalue weighted by molar-refractivity contribution is -0.113. The van der Waals surface area contributed by atoms with Gasteiger partial charge in [-0.25, -0.2) is 0 Å². The van der Waals surface area contributed by atoms with Gasteiger partial charge in [-0.3, -0.25) is 4.79 Å². The Morgan fingerprint density at radius 2 is 1.21 bits per heavy atom. The summed E-state index contributed by atoms with van der Waals surface area (Å²) in [6.07, 6.45) is 16.1. The molecule has 2 nitrogen and oxygen atoms in total. The Labute approximate surface area is 123 Å². The van der Waals surface area contributed by atoms with Crippen LogP contribution >= 0.6 is 11.8 Å². The molecule has 0 aromatic rings. The molecule has 3 heteroatoms. The molecule has 0 fully saturated rings. The Morgan fingerprint density at radius 3 is 1.63 bits per heavy atom. The third-order valence-electron chi connectivity index (χ3n) is 3.39. The number of carbonyl (C=O) groups excluding carboxylic acids is 1. The van der Waals surface area contributed by atoms with Crippen LogP contribution in [0.5, 0.6) is 0 Å². The maximum Gasteiger partial charge on any atom is 0.214 e. The van der Waals surface area contributed by atoms with Crippen LogP contribution in [0, 0.1) is 0 Å². The first-order chi connectivity index (χ1) is 9.31. The van der Waals surface area contributed by atoms with Crippen LogP contribution in [0.25, 0.3) is 0 Å². The Hall–Kier alpha value is -0.0200. The zero-order chi connectivity index (χ0) is 14.2. The van der Waals surface area contributed by atoms with Crippen molar-refractivity contribution < 1.29 is 9.90 Å². The molecule has 0 aromatic carbocycles. The van der Waals surface area contributed by atoms with Gasteiger partial charge in [0.25, 0.3) is 0 Å². The van der Waals surface area contributed by atoms with E-state index in [1.165, 1.54) is 82.4 Å². The van der Waals surface area contributed by atoms with Crippen LogP contribution in [0.1, 0.15) is 84.0 Å². The number of carbonyl (C=O) groups is 1. The average Bonchev–Trinajstić information content (AvgIpc) is 2.43. The van der Waals surface area contributed by atoms with E-state index in [9.17, 15) is 4.79 Å². The summed E-state index contributed by atoms with van der Waals surface area (Å²) in [6.45, 7) is 1.95. The lowest BCUT2D eigenvalue weighted by Gasteiger charge is -2.02. The molecule has 0 amide bonds. The molecule has 0 bridgehead atoms. The van der Waals surface area contributed by atoms with Gasteiger partial charge in [-0.1, -0.05) is 89.3 Å². The number of unbranched alkanes of at least 4 members (excludes halogenated alkanes) is 11. The molecular formula is C16H32O2S. The number of hydrogen-bond acceptors (Lipinski definition) is 3. The third kappa shape index (κ3) is 15.9. The van der Waals surface area contributed by atoms with Gasteiger partial charge in [-0.05, 0) is 6.42 Å². The summed E-state index contributed by atoms with van der Waals surface area (Å²) in [5.41, 5.74) is 0. The molecule has 0 unspecified atom stereocenters. The van der Waals surface area contributed by atoms with Crippen molar-refractivity contribution in [2.75, 3.05) is 12.4 Å². The maximum atomic E-state index is 10.8. The summed E-state index contributed by atoms with van der Waals surface area (Å²) >= 11 is 1.27. The van der Waals surface area contributed by atoms with Crippen LogP contribution in [0.3, 0.4) is 0 Å². The molecule has 19 heavy (non-hydrogen) atoms. The highest BCUT2D eigenvalue weighted by Crippen LogP contribution is 2.13. The molecule has 0 spiro atoms. The molecule has 0 saturated heterocycles. The van der Waals surface area contributed by atoms with Gasteiger partial charge in [0.1, 0.15) is 6.61 Å². The number of aliphatic hydroxyl groups excluding tert-OH is 1. The molecule has 0 atom stereocenters. The van der Waals surface area contributed by atoms with E-state index >= 15 is 0 Å². The first-order valence-electron chi connectivity index (χ1n) is 8.07. The van der Waals surface area contributed by atoms with Crippen molar-refractivity contribution in [2.24, 2.45) is 0 Å². The van der Waals surface area contributed by atoms with Crippen LogP contribution in [0.4, 0.5) is 0 Å². The van der Waals surface area contributed by atoms with E-state index in [4.69, 9.17) is 5.11 Å². The SMILES string of the molecule is CCCCCCCCCCCCCCSC(=O)CO. The van der Waals surface area contributed by atoms with Gasteiger partial charge in [0.15, 0.2) is 0 Å². The molecule has 0 saturated carbocycles. The smallest absolute Gasteiger partial charge is 0.214 e. The summed E-state index contributed by atoms with van der Waals surface area (Å²) in [4.78, 5) is 10.8. The number of hydrogen-bond donors (Lipinski definition) is 1. The maximum absolute atomic E-state index is 10.8. The molecule has 0 radical (unpaired) electrons. The molecule has 0 rings (SSSR count). The van der Waals surface area contributed by atoms with Gasteiger partial charge in [-0.15, -0.1) is 0 Å². The van der Waals surface area contributed by atoms with Gasteiger partial charge in [0, 0.05) is 5.75 Å². The molecular weight excluding hydrogens is 256 g/mol. The fourth-order valence-corrected chi connectivity index (χ4v) is 2.84. The van der Waals surface area contributed by atoms with E-state index < -0.39 is 0 Å². The Bertz CT molecular complexity index is 195. The second-order valence-corrected chi connectivity index (χ2v) is 6.42. The standard InChI is InChI=1S/C16H32O2S/c1-2-3-4-5-6-7-8-9-10-11-12-13-14-19-16(18)15-17/h17H,2-15H2,1H3. The van der Waals surface area contributed by atoms with Crippen molar-refractivity contribution in [1.29, 1.82) is 0 Å². The second kappa shape index (κ2) is 16.0. The average molecular weight is 288 g/mol. The predicted octanol–water partition coefficient (Wildman–Crippen LogP) is 4.94.